The van der Waals surface area contributed by atoms with E-state index in [-0.39, 0.29) is 11.4 Å². The van der Waals surface area contributed by atoms with Crippen LogP contribution in [-0.4, -0.2) is 29.5 Å². The molecule has 1 aromatic heterocycles. The highest BCUT2D eigenvalue weighted by Crippen LogP contribution is 2.29. The van der Waals surface area contributed by atoms with Crippen LogP contribution in [0.2, 0.25) is 4.34 Å². The highest BCUT2D eigenvalue weighted by molar-refractivity contribution is 7.16. The van der Waals surface area contributed by atoms with Crippen molar-refractivity contribution in [3.05, 3.63) is 49.7 Å². The smallest absolute Gasteiger partial charge is 0.322 e. The molecule has 128 valence electrons. The number of amides is 2. The van der Waals surface area contributed by atoms with E-state index in [0.29, 0.717) is 23.2 Å². The van der Waals surface area contributed by atoms with E-state index in [1.54, 1.807) is 12.1 Å². The van der Waals surface area contributed by atoms with Gasteiger partial charge in [-0.3, -0.25) is 10.1 Å². The number of halogens is 1. The lowest BCUT2D eigenvalue weighted by Gasteiger charge is -2.20. The molecule has 1 N–H and O–H groups in total. The van der Waals surface area contributed by atoms with Gasteiger partial charge in [0.2, 0.25) is 0 Å². The summed E-state index contributed by atoms with van der Waals surface area (Å²) in [5.41, 5.74) is -0.105. The summed E-state index contributed by atoms with van der Waals surface area (Å²) < 4.78 is 5.62. The highest BCUT2D eigenvalue weighted by Gasteiger charge is 2.20. The van der Waals surface area contributed by atoms with Crippen molar-refractivity contribution in [3.63, 3.8) is 0 Å². The predicted molar refractivity (Wildman–Crippen MR) is 94.1 cm³/mol. The molecule has 1 aromatic carbocycles. The van der Waals surface area contributed by atoms with E-state index in [0.717, 1.165) is 4.88 Å². The number of thiophene rings is 1. The van der Waals surface area contributed by atoms with Crippen molar-refractivity contribution in [1.29, 1.82) is 0 Å². The van der Waals surface area contributed by atoms with Gasteiger partial charge in [-0.25, -0.2) is 4.79 Å². The largest absolute Gasteiger partial charge is 0.496 e. The molecule has 2 aromatic rings. The normalized spacial score (nSPS) is 10.3. The number of benzene rings is 1. The number of carbonyl (C=O) groups is 1. The Bertz CT molecular complexity index is 750. The molecule has 0 aliphatic rings. The van der Waals surface area contributed by atoms with Crippen molar-refractivity contribution in [2.24, 2.45) is 0 Å². The van der Waals surface area contributed by atoms with Gasteiger partial charge in [-0.1, -0.05) is 11.6 Å². The average Bonchev–Trinajstić information content (AvgIpc) is 2.97. The topological polar surface area (TPSA) is 84.7 Å². The lowest BCUT2D eigenvalue weighted by atomic mass is 10.2. The number of ether oxygens (including phenoxy) is 1. The Balaban J connectivity index is 2.16. The quantitative estimate of drug-likeness (QED) is 0.605. The summed E-state index contributed by atoms with van der Waals surface area (Å²) in [6, 6.07) is 7.46. The van der Waals surface area contributed by atoms with Gasteiger partial charge in [-0.05, 0) is 31.2 Å². The maximum atomic E-state index is 12.4. The van der Waals surface area contributed by atoms with Crippen LogP contribution in [-0.2, 0) is 6.54 Å². The molecule has 7 nitrogen and oxygen atoms in total. The molecule has 0 unspecified atom stereocenters. The second-order valence-corrected chi connectivity index (χ2v) is 6.59. The molecule has 2 rings (SSSR count). The Labute approximate surface area is 147 Å². The molecule has 0 bridgehead atoms. The van der Waals surface area contributed by atoms with Gasteiger partial charge in [0.15, 0.2) is 0 Å². The molecule has 0 saturated carbocycles. The van der Waals surface area contributed by atoms with Crippen LogP contribution in [0.1, 0.15) is 11.8 Å². The van der Waals surface area contributed by atoms with Crippen molar-refractivity contribution in [1.82, 2.24) is 4.90 Å². The monoisotopic (exact) mass is 369 g/mol. The molecule has 9 heteroatoms. The number of nitrogens with zero attached hydrogens (tertiary/aromatic N) is 2. The average molecular weight is 370 g/mol. The third-order valence-corrected chi connectivity index (χ3v) is 4.50. The molecule has 0 aliphatic heterocycles. The molecule has 0 saturated heterocycles. The molecule has 0 aliphatic carbocycles. The number of carbonyl (C=O) groups excluding carboxylic acids is 1. The fourth-order valence-electron chi connectivity index (χ4n) is 2.04. The third-order valence-electron chi connectivity index (χ3n) is 3.29. The fourth-order valence-corrected chi connectivity index (χ4v) is 3.14. The highest BCUT2D eigenvalue weighted by atomic mass is 35.5. The van der Waals surface area contributed by atoms with E-state index in [9.17, 15) is 14.9 Å². The summed E-state index contributed by atoms with van der Waals surface area (Å²) in [7, 11) is 1.42. The summed E-state index contributed by atoms with van der Waals surface area (Å²) >= 11 is 7.28. The standard InChI is InChI=1S/C15H16ClN3O4S/c1-3-18(9-11-5-7-14(16)24-11)15(20)17-12-6-4-10(23-2)8-13(12)19(21)22/h4-8H,3,9H2,1-2H3,(H,17,20). The Kier molecular flexibility index (Phi) is 5.99. The Morgan fingerprint density at radius 3 is 2.71 bits per heavy atom. The minimum absolute atomic E-state index is 0.119. The van der Waals surface area contributed by atoms with Crippen molar-refractivity contribution in [2.45, 2.75) is 13.5 Å². The second-order valence-electron chi connectivity index (χ2n) is 4.79. The van der Waals surface area contributed by atoms with Crippen molar-refractivity contribution in [3.8, 4) is 5.75 Å². The number of urea groups is 1. The lowest BCUT2D eigenvalue weighted by molar-refractivity contribution is -0.384. The second kappa shape index (κ2) is 7.98. The van der Waals surface area contributed by atoms with E-state index < -0.39 is 11.0 Å². The first-order chi connectivity index (χ1) is 11.4. The fraction of sp³-hybridized carbons (Fsp3) is 0.267. The van der Waals surface area contributed by atoms with Gasteiger partial charge in [0.05, 0.1) is 29.0 Å². The van der Waals surface area contributed by atoms with Crippen LogP contribution in [0.3, 0.4) is 0 Å². The molecule has 0 fully saturated rings. The Morgan fingerprint density at radius 2 is 2.17 bits per heavy atom. The number of hydrogen-bond acceptors (Lipinski definition) is 5. The van der Waals surface area contributed by atoms with Crippen molar-refractivity contribution >= 4 is 40.3 Å². The first-order valence-electron chi connectivity index (χ1n) is 7.07. The zero-order chi connectivity index (χ0) is 17.7. The van der Waals surface area contributed by atoms with Crippen LogP contribution in [0.5, 0.6) is 5.75 Å². The molecular weight excluding hydrogens is 354 g/mol. The number of anilines is 1. The number of rotatable bonds is 6. The zero-order valence-electron chi connectivity index (χ0n) is 13.1. The van der Waals surface area contributed by atoms with E-state index in [4.69, 9.17) is 16.3 Å². The van der Waals surface area contributed by atoms with Crippen LogP contribution in [0.15, 0.2) is 30.3 Å². The summed E-state index contributed by atoms with van der Waals surface area (Å²) in [6.45, 7) is 2.66. The number of methoxy groups -OCH3 is 1. The van der Waals surface area contributed by atoms with E-state index >= 15 is 0 Å². The van der Waals surface area contributed by atoms with Crippen LogP contribution in [0.4, 0.5) is 16.2 Å². The molecule has 0 spiro atoms. The van der Waals surface area contributed by atoms with Crippen molar-refractivity contribution < 1.29 is 14.5 Å². The first kappa shape index (κ1) is 18.0. The molecule has 0 atom stereocenters. The maximum absolute atomic E-state index is 12.4. The molecular formula is C15H16ClN3O4S. The molecule has 0 radical (unpaired) electrons. The molecule has 1 heterocycles. The van der Waals surface area contributed by atoms with Gasteiger partial charge in [-0.15, -0.1) is 11.3 Å². The van der Waals surface area contributed by atoms with E-state index in [1.807, 2.05) is 13.0 Å². The van der Waals surface area contributed by atoms with Gasteiger partial charge in [0.1, 0.15) is 11.4 Å². The lowest BCUT2D eigenvalue weighted by Crippen LogP contribution is -2.34. The SMILES string of the molecule is CCN(Cc1ccc(Cl)s1)C(=O)Nc1ccc(OC)cc1[N+](=O)[O-]. The van der Waals surface area contributed by atoms with Gasteiger partial charge >= 0.3 is 6.03 Å². The Morgan fingerprint density at radius 1 is 1.42 bits per heavy atom. The van der Waals surface area contributed by atoms with Crippen LogP contribution < -0.4 is 10.1 Å². The van der Waals surface area contributed by atoms with Gasteiger partial charge in [0, 0.05) is 11.4 Å². The van der Waals surface area contributed by atoms with E-state index in [2.05, 4.69) is 5.32 Å². The minimum atomic E-state index is -0.562. The summed E-state index contributed by atoms with van der Waals surface area (Å²) in [4.78, 5) is 25.5. The summed E-state index contributed by atoms with van der Waals surface area (Å²) in [6.07, 6.45) is 0. The first-order valence-corrected chi connectivity index (χ1v) is 8.26. The Hall–Kier alpha value is -2.32. The molecule has 2 amide bonds. The van der Waals surface area contributed by atoms with Crippen molar-refractivity contribution in [2.75, 3.05) is 19.0 Å². The van der Waals surface area contributed by atoms with Crippen LogP contribution in [0, 0.1) is 10.1 Å². The van der Waals surface area contributed by atoms with Gasteiger partial charge < -0.3 is 15.0 Å². The predicted octanol–water partition coefficient (Wildman–Crippen LogP) is 4.37. The number of hydrogen-bond donors (Lipinski definition) is 1. The van der Waals surface area contributed by atoms with Crippen LogP contribution >= 0.6 is 22.9 Å². The summed E-state index contributed by atoms with van der Waals surface area (Å²) in [5, 5.41) is 13.8. The number of nitrogens with one attached hydrogen (secondary N) is 1. The van der Waals surface area contributed by atoms with Gasteiger partial charge in [-0.2, -0.15) is 0 Å². The number of nitro groups is 1. The molecule has 24 heavy (non-hydrogen) atoms. The zero-order valence-corrected chi connectivity index (χ0v) is 14.7. The maximum Gasteiger partial charge on any atom is 0.322 e. The van der Waals surface area contributed by atoms with Gasteiger partial charge in [0.25, 0.3) is 5.69 Å². The summed E-state index contributed by atoms with van der Waals surface area (Å²) in [5.74, 6) is 0.347. The number of nitro benzene ring substituents is 1. The van der Waals surface area contributed by atoms with E-state index in [1.165, 1.54) is 35.5 Å². The van der Waals surface area contributed by atoms with Crippen LogP contribution in [0.25, 0.3) is 0 Å². The minimum Gasteiger partial charge on any atom is -0.496 e. The third kappa shape index (κ3) is 4.36.